The number of hydrogen-bond acceptors (Lipinski definition) is 2. The van der Waals surface area contributed by atoms with Gasteiger partial charge < -0.3 is 4.40 Å². The van der Waals surface area contributed by atoms with Gasteiger partial charge in [-0.05, 0) is 24.3 Å². The highest BCUT2D eigenvalue weighted by Gasteiger charge is 2.04. The molecule has 0 aliphatic rings. The van der Waals surface area contributed by atoms with E-state index in [1.165, 1.54) is 0 Å². The molecule has 0 unspecified atom stereocenters. The number of halogens is 1. The Bertz CT molecular complexity index is 716. The van der Waals surface area contributed by atoms with E-state index in [1.807, 2.05) is 41.1 Å². The molecule has 0 spiro atoms. The van der Waals surface area contributed by atoms with Crippen molar-refractivity contribution in [1.82, 2.24) is 9.38 Å². The number of nitrogens with zero attached hydrogens (tertiary/aromatic N) is 2. The summed E-state index contributed by atoms with van der Waals surface area (Å²) >= 11 is 3.41. The molecule has 0 fully saturated rings. The average molecular weight is 301 g/mol. The second-order valence-electron chi connectivity index (χ2n) is 3.98. The summed E-state index contributed by atoms with van der Waals surface area (Å²) in [5.41, 5.74) is 3.35. The summed E-state index contributed by atoms with van der Waals surface area (Å²) in [7, 11) is 0. The minimum Gasteiger partial charge on any atom is -0.306 e. The number of benzene rings is 1. The third-order valence-electron chi connectivity index (χ3n) is 2.76. The minimum absolute atomic E-state index is 0.635. The third kappa shape index (κ3) is 1.95. The molecule has 0 N–H and O–H groups in total. The number of imidazole rings is 1. The van der Waals surface area contributed by atoms with Crippen LogP contribution in [0, 0.1) is 0 Å². The molecule has 0 saturated carbocycles. The van der Waals surface area contributed by atoms with E-state index < -0.39 is 0 Å². The summed E-state index contributed by atoms with van der Waals surface area (Å²) in [6.07, 6.45) is 4.62. The number of carbonyl (C=O) groups is 1. The molecule has 88 valence electrons. The topological polar surface area (TPSA) is 34.4 Å². The summed E-state index contributed by atoms with van der Waals surface area (Å²) in [5, 5.41) is 0. The Kier molecular flexibility index (Phi) is 2.72. The van der Waals surface area contributed by atoms with Gasteiger partial charge in [-0.2, -0.15) is 0 Å². The predicted molar refractivity (Wildman–Crippen MR) is 73.7 cm³/mol. The van der Waals surface area contributed by atoms with Crippen LogP contribution in [0.4, 0.5) is 0 Å². The first kappa shape index (κ1) is 11.2. The van der Waals surface area contributed by atoms with E-state index in [0.717, 1.165) is 27.7 Å². The van der Waals surface area contributed by atoms with Crippen LogP contribution in [0.3, 0.4) is 0 Å². The number of aromatic nitrogens is 2. The quantitative estimate of drug-likeness (QED) is 0.678. The normalized spacial score (nSPS) is 10.7. The average Bonchev–Trinajstić information content (AvgIpc) is 2.82. The number of aldehydes is 1. The van der Waals surface area contributed by atoms with Crippen molar-refractivity contribution in [3.05, 3.63) is 58.8 Å². The van der Waals surface area contributed by atoms with E-state index in [-0.39, 0.29) is 0 Å². The Morgan fingerprint density at radius 2 is 1.94 bits per heavy atom. The highest BCUT2D eigenvalue weighted by Crippen LogP contribution is 2.21. The Labute approximate surface area is 112 Å². The van der Waals surface area contributed by atoms with Crippen LogP contribution in [0.2, 0.25) is 0 Å². The van der Waals surface area contributed by atoms with E-state index in [9.17, 15) is 4.79 Å². The summed E-state index contributed by atoms with van der Waals surface area (Å²) in [4.78, 5) is 15.2. The van der Waals surface area contributed by atoms with Crippen LogP contribution < -0.4 is 0 Å². The fraction of sp³-hybridized carbons (Fsp3) is 0. The van der Waals surface area contributed by atoms with E-state index >= 15 is 0 Å². The molecule has 2 heterocycles. The number of rotatable bonds is 2. The van der Waals surface area contributed by atoms with E-state index in [2.05, 4.69) is 20.9 Å². The van der Waals surface area contributed by atoms with Crippen LogP contribution in [0.15, 0.2) is 53.3 Å². The van der Waals surface area contributed by atoms with Crippen molar-refractivity contribution in [3.8, 4) is 11.3 Å². The van der Waals surface area contributed by atoms with E-state index in [0.29, 0.717) is 5.56 Å². The van der Waals surface area contributed by atoms with Crippen molar-refractivity contribution in [2.45, 2.75) is 0 Å². The molecule has 3 aromatic rings. The first-order valence-corrected chi connectivity index (χ1v) is 6.25. The van der Waals surface area contributed by atoms with Gasteiger partial charge in [-0.25, -0.2) is 4.98 Å². The molecule has 3 rings (SSSR count). The summed E-state index contributed by atoms with van der Waals surface area (Å²) in [6.45, 7) is 0. The third-order valence-corrected chi connectivity index (χ3v) is 3.29. The summed E-state index contributed by atoms with van der Waals surface area (Å²) in [6, 6.07) is 11.5. The lowest BCUT2D eigenvalue weighted by Gasteiger charge is -1.95. The van der Waals surface area contributed by atoms with Gasteiger partial charge in [0.25, 0.3) is 0 Å². The van der Waals surface area contributed by atoms with Crippen molar-refractivity contribution in [2.75, 3.05) is 0 Å². The Hall–Kier alpha value is -1.94. The molecule has 2 aromatic heterocycles. The smallest absolute Gasteiger partial charge is 0.150 e. The van der Waals surface area contributed by atoms with Crippen LogP contribution in [-0.2, 0) is 0 Å². The van der Waals surface area contributed by atoms with Gasteiger partial charge >= 0.3 is 0 Å². The molecule has 18 heavy (non-hydrogen) atoms. The highest BCUT2D eigenvalue weighted by molar-refractivity contribution is 9.10. The van der Waals surface area contributed by atoms with Crippen molar-refractivity contribution >= 4 is 27.9 Å². The van der Waals surface area contributed by atoms with Crippen LogP contribution >= 0.6 is 15.9 Å². The van der Waals surface area contributed by atoms with Gasteiger partial charge in [-0.15, -0.1) is 0 Å². The summed E-state index contributed by atoms with van der Waals surface area (Å²) < 4.78 is 2.95. The van der Waals surface area contributed by atoms with Crippen molar-refractivity contribution in [3.63, 3.8) is 0 Å². The van der Waals surface area contributed by atoms with Crippen molar-refractivity contribution < 1.29 is 4.79 Å². The SMILES string of the molecule is O=Cc1ccn2cc(-c3ccc(Br)cc3)nc2c1. The monoisotopic (exact) mass is 300 g/mol. The molecule has 0 radical (unpaired) electrons. The van der Waals surface area contributed by atoms with Crippen LogP contribution in [0.5, 0.6) is 0 Å². The maximum absolute atomic E-state index is 10.7. The van der Waals surface area contributed by atoms with Gasteiger partial charge in [0.15, 0.2) is 0 Å². The molecule has 3 nitrogen and oxygen atoms in total. The first-order valence-electron chi connectivity index (χ1n) is 5.46. The fourth-order valence-corrected chi connectivity index (χ4v) is 2.10. The standard InChI is InChI=1S/C14H9BrN2O/c15-12-3-1-11(2-4-12)13-8-17-6-5-10(9-18)7-14(17)16-13/h1-9H. The Balaban J connectivity index is 2.12. The maximum Gasteiger partial charge on any atom is 0.150 e. The molecular formula is C14H9BrN2O. The first-order chi connectivity index (χ1) is 8.76. The Morgan fingerprint density at radius 3 is 2.67 bits per heavy atom. The molecular weight excluding hydrogens is 292 g/mol. The minimum atomic E-state index is 0.635. The number of hydrogen-bond donors (Lipinski definition) is 0. The van der Waals surface area contributed by atoms with Gasteiger partial charge in [0.2, 0.25) is 0 Å². The second kappa shape index (κ2) is 4.38. The molecule has 0 saturated heterocycles. The van der Waals surface area contributed by atoms with Gasteiger partial charge in [-0.3, -0.25) is 4.79 Å². The Morgan fingerprint density at radius 1 is 1.17 bits per heavy atom. The molecule has 1 aromatic carbocycles. The van der Waals surface area contributed by atoms with Gasteiger partial charge in [0.05, 0.1) is 5.69 Å². The summed E-state index contributed by atoms with van der Waals surface area (Å²) in [5.74, 6) is 0. The lowest BCUT2D eigenvalue weighted by atomic mass is 10.2. The van der Waals surface area contributed by atoms with Crippen LogP contribution in [0.1, 0.15) is 10.4 Å². The van der Waals surface area contributed by atoms with Gasteiger partial charge in [0, 0.05) is 28.0 Å². The van der Waals surface area contributed by atoms with Crippen molar-refractivity contribution in [1.29, 1.82) is 0 Å². The maximum atomic E-state index is 10.7. The lowest BCUT2D eigenvalue weighted by molar-refractivity contribution is 0.112. The van der Waals surface area contributed by atoms with Gasteiger partial charge in [0.1, 0.15) is 11.9 Å². The molecule has 0 bridgehead atoms. The van der Waals surface area contributed by atoms with Crippen molar-refractivity contribution in [2.24, 2.45) is 0 Å². The molecule has 0 atom stereocenters. The zero-order valence-corrected chi connectivity index (χ0v) is 11.0. The number of carbonyl (C=O) groups excluding carboxylic acids is 1. The highest BCUT2D eigenvalue weighted by atomic mass is 79.9. The van der Waals surface area contributed by atoms with Gasteiger partial charge in [-0.1, -0.05) is 28.1 Å². The number of pyridine rings is 1. The predicted octanol–water partition coefficient (Wildman–Crippen LogP) is 3.58. The fourth-order valence-electron chi connectivity index (χ4n) is 1.83. The molecule has 0 aliphatic carbocycles. The van der Waals surface area contributed by atoms with E-state index in [1.54, 1.807) is 12.1 Å². The lowest BCUT2D eigenvalue weighted by Crippen LogP contribution is -1.85. The molecule has 0 amide bonds. The zero-order valence-electron chi connectivity index (χ0n) is 9.38. The molecule has 0 aliphatic heterocycles. The zero-order chi connectivity index (χ0) is 12.5. The second-order valence-corrected chi connectivity index (χ2v) is 4.89. The van der Waals surface area contributed by atoms with E-state index in [4.69, 9.17) is 0 Å². The largest absolute Gasteiger partial charge is 0.306 e. The van der Waals surface area contributed by atoms with Crippen LogP contribution in [0.25, 0.3) is 16.9 Å². The molecule has 4 heteroatoms. The van der Waals surface area contributed by atoms with Crippen LogP contribution in [-0.4, -0.2) is 15.7 Å². The number of fused-ring (bicyclic) bond motifs is 1.